The van der Waals surface area contributed by atoms with Gasteiger partial charge in [0.05, 0.1) is 10.7 Å². The van der Waals surface area contributed by atoms with Crippen molar-refractivity contribution in [2.24, 2.45) is 22.8 Å². The number of carbonyl (C=O) groups is 1. The molecule has 1 saturated carbocycles. The summed E-state index contributed by atoms with van der Waals surface area (Å²) in [6.07, 6.45) is 2.72. The van der Waals surface area contributed by atoms with Gasteiger partial charge in [-0.2, -0.15) is 8.42 Å². The number of primary amides is 1. The topological polar surface area (TPSA) is 123 Å². The van der Waals surface area contributed by atoms with Crippen molar-refractivity contribution in [1.82, 2.24) is 0 Å². The van der Waals surface area contributed by atoms with E-state index in [1.165, 1.54) is 6.92 Å². The summed E-state index contributed by atoms with van der Waals surface area (Å²) in [6, 6.07) is 0. The Kier molecular flexibility index (Phi) is 4.74. The maximum atomic E-state index is 11.6. The highest BCUT2D eigenvalue weighted by atomic mass is 32.2. The van der Waals surface area contributed by atoms with Gasteiger partial charge in [0.2, 0.25) is 5.91 Å². The normalized spacial score (nSPS) is 30.9. The number of amides is 1. The lowest BCUT2D eigenvalue weighted by molar-refractivity contribution is -0.130. The molecule has 1 amide bonds. The van der Waals surface area contributed by atoms with E-state index in [1.807, 2.05) is 0 Å². The van der Waals surface area contributed by atoms with Gasteiger partial charge in [-0.3, -0.25) is 9.35 Å². The van der Waals surface area contributed by atoms with E-state index in [2.05, 4.69) is 0 Å². The number of hydrogen-bond donors (Lipinski definition) is 3. The van der Waals surface area contributed by atoms with Crippen LogP contribution in [0.25, 0.3) is 0 Å². The summed E-state index contributed by atoms with van der Waals surface area (Å²) in [5.74, 6) is -0.105. The van der Waals surface area contributed by atoms with Gasteiger partial charge in [0.15, 0.2) is 0 Å². The van der Waals surface area contributed by atoms with Crippen molar-refractivity contribution in [2.75, 3.05) is 6.54 Å². The van der Waals surface area contributed by atoms with E-state index in [9.17, 15) is 13.2 Å². The Balaban J connectivity index is 2.81. The third kappa shape index (κ3) is 3.43. The number of nitrogens with two attached hydrogens (primary N) is 2. The van der Waals surface area contributed by atoms with Crippen LogP contribution in [-0.4, -0.2) is 30.7 Å². The predicted molar refractivity (Wildman–Crippen MR) is 68.3 cm³/mol. The molecule has 5 N–H and O–H groups in total. The molecule has 0 saturated heterocycles. The Labute approximate surface area is 108 Å². The van der Waals surface area contributed by atoms with Gasteiger partial charge in [-0.1, -0.05) is 0 Å². The van der Waals surface area contributed by atoms with E-state index in [-0.39, 0.29) is 6.42 Å². The lowest BCUT2D eigenvalue weighted by atomic mass is 9.67. The van der Waals surface area contributed by atoms with Gasteiger partial charge < -0.3 is 11.5 Å². The Morgan fingerprint density at radius 2 is 1.94 bits per heavy atom. The fourth-order valence-corrected chi connectivity index (χ4v) is 3.20. The van der Waals surface area contributed by atoms with E-state index in [0.717, 1.165) is 12.8 Å². The Morgan fingerprint density at radius 3 is 2.28 bits per heavy atom. The molecule has 1 aliphatic carbocycles. The Hall–Kier alpha value is -0.660. The summed E-state index contributed by atoms with van der Waals surface area (Å²) in [5, 5.41) is -0.973. The summed E-state index contributed by atoms with van der Waals surface area (Å²) in [7, 11) is -4.13. The number of rotatable bonds is 5. The molecule has 18 heavy (non-hydrogen) atoms. The quantitative estimate of drug-likeness (QED) is 0.623. The summed E-state index contributed by atoms with van der Waals surface area (Å²) >= 11 is 0. The zero-order valence-electron chi connectivity index (χ0n) is 10.6. The van der Waals surface area contributed by atoms with E-state index in [4.69, 9.17) is 16.0 Å². The summed E-state index contributed by atoms with van der Waals surface area (Å²) in [6.45, 7) is 1.97. The monoisotopic (exact) mass is 278 g/mol. The van der Waals surface area contributed by atoms with Crippen molar-refractivity contribution in [2.45, 2.75) is 44.3 Å². The van der Waals surface area contributed by atoms with Gasteiger partial charge in [-0.05, 0) is 51.5 Å². The van der Waals surface area contributed by atoms with Crippen LogP contribution in [0, 0.1) is 11.3 Å². The lowest BCUT2D eigenvalue weighted by Gasteiger charge is -2.38. The molecule has 1 unspecified atom stereocenters. The first-order valence-electron chi connectivity index (χ1n) is 6.17. The molecule has 1 fully saturated rings. The molecular weight excluding hydrogens is 256 g/mol. The van der Waals surface area contributed by atoms with Crippen LogP contribution < -0.4 is 11.5 Å². The first kappa shape index (κ1) is 15.4. The molecule has 0 aromatic rings. The first-order chi connectivity index (χ1) is 8.21. The van der Waals surface area contributed by atoms with Gasteiger partial charge in [0.1, 0.15) is 0 Å². The van der Waals surface area contributed by atoms with E-state index < -0.39 is 26.7 Å². The largest absolute Gasteiger partial charge is 0.369 e. The Morgan fingerprint density at radius 1 is 1.44 bits per heavy atom. The molecule has 0 radical (unpaired) electrons. The highest BCUT2D eigenvalue weighted by molar-refractivity contribution is 7.86. The highest BCUT2D eigenvalue weighted by Gasteiger charge is 2.42. The van der Waals surface area contributed by atoms with Crippen molar-refractivity contribution in [1.29, 1.82) is 0 Å². The SMILES string of the molecule is CC(CC1(C(N)=O)CCC(CN)CC1)S(=O)(=O)O. The van der Waals surface area contributed by atoms with E-state index in [1.54, 1.807) is 0 Å². The molecule has 0 spiro atoms. The van der Waals surface area contributed by atoms with Gasteiger partial charge in [-0.25, -0.2) is 0 Å². The zero-order chi connectivity index (χ0) is 14.0. The second-order valence-corrected chi connectivity index (χ2v) is 7.19. The van der Waals surface area contributed by atoms with Crippen molar-refractivity contribution in [3.05, 3.63) is 0 Å². The van der Waals surface area contributed by atoms with Crippen molar-refractivity contribution < 1.29 is 17.8 Å². The maximum Gasteiger partial charge on any atom is 0.267 e. The lowest BCUT2D eigenvalue weighted by Crippen LogP contribution is -2.44. The van der Waals surface area contributed by atoms with Crippen LogP contribution in [-0.2, 0) is 14.9 Å². The summed E-state index contributed by atoms with van der Waals surface area (Å²) in [5.41, 5.74) is 10.2. The highest BCUT2D eigenvalue weighted by Crippen LogP contribution is 2.42. The Bertz CT molecular complexity index is 399. The zero-order valence-corrected chi connectivity index (χ0v) is 11.4. The van der Waals surface area contributed by atoms with Crippen LogP contribution in [0.15, 0.2) is 0 Å². The molecule has 0 heterocycles. The standard InChI is InChI=1S/C11H22N2O4S/c1-8(18(15,16)17)6-11(10(13)14)4-2-9(7-12)3-5-11/h8-9H,2-7,12H2,1H3,(H2,13,14)(H,15,16,17). The molecule has 0 aromatic heterocycles. The van der Waals surface area contributed by atoms with E-state index >= 15 is 0 Å². The molecule has 7 heteroatoms. The third-order valence-electron chi connectivity index (χ3n) is 4.10. The summed E-state index contributed by atoms with van der Waals surface area (Å²) < 4.78 is 31.2. The fourth-order valence-electron chi connectivity index (χ4n) is 2.67. The molecule has 6 nitrogen and oxygen atoms in total. The van der Waals surface area contributed by atoms with Crippen molar-refractivity contribution in [3.8, 4) is 0 Å². The average Bonchev–Trinajstić information content (AvgIpc) is 2.28. The first-order valence-corrected chi connectivity index (χ1v) is 7.68. The molecule has 1 aliphatic rings. The van der Waals surface area contributed by atoms with E-state index in [0.29, 0.717) is 25.3 Å². The molecule has 1 atom stereocenters. The minimum atomic E-state index is -4.13. The second kappa shape index (κ2) is 5.54. The third-order valence-corrected chi connectivity index (χ3v) is 5.29. The predicted octanol–water partition coefficient (Wildman–Crippen LogP) is 0.273. The van der Waals surface area contributed by atoms with Gasteiger partial charge in [0, 0.05) is 0 Å². The molecule has 1 rings (SSSR count). The number of carbonyl (C=O) groups excluding carboxylic acids is 1. The van der Waals surface area contributed by atoms with Crippen LogP contribution in [0.2, 0.25) is 0 Å². The minimum absolute atomic E-state index is 0.0818. The maximum absolute atomic E-state index is 11.6. The summed E-state index contributed by atoms with van der Waals surface area (Å²) in [4.78, 5) is 11.6. The van der Waals surface area contributed by atoms with Crippen LogP contribution in [0.3, 0.4) is 0 Å². The van der Waals surface area contributed by atoms with Gasteiger partial charge in [-0.15, -0.1) is 0 Å². The van der Waals surface area contributed by atoms with Crippen LogP contribution in [0.1, 0.15) is 39.0 Å². The molecule has 0 bridgehead atoms. The van der Waals surface area contributed by atoms with Gasteiger partial charge in [0.25, 0.3) is 10.1 Å². The van der Waals surface area contributed by atoms with Crippen molar-refractivity contribution in [3.63, 3.8) is 0 Å². The van der Waals surface area contributed by atoms with Crippen molar-refractivity contribution >= 4 is 16.0 Å². The molecule has 0 aliphatic heterocycles. The molecule has 106 valence electrons. The van der Waals surface area contributed by atoms with Crippen LogP contribution in [0.5, 0.6) is 0 Å². The molecular formula is C11H22N2O4S. The fraction of sp³-hybridized carbons (Fsp3) is 0.909. The second-order valence-electron chi connectivity index (χ2n) is 5.35. The minimum Gasteiger partial charge on any atom is -0.369 e. The molecule has 0 aromatic carbocycles. The van der Waals surface area contributed by atoms with Crippen LogP contribution >= 0.6 is 0 Å². The number of hydrogen-bond acceptors (Lipinski definition) is 4. The van der Waals surface area contributed by atoms with Gasteiger partial charge >= 0.3 is 0 Å². The smallest absolute Gasteiger partial charge is 0.267 e. The van der Waals surface area contributed by atoms with Crippen LogP contribution in [0.4, 0.5) is 0 Å². The average molecular weight is 278 g/mol.